The first-order valence-electron chi connectivity index (χ1n) is 9.77. The molecule has 0 bridgehead atoms. The van der Waals surface area contributed by atoms with Crippen molar-refractivity contribution in [2.45, 2.75) is 39.4 Å². The minimum absolute atomic E-state index is 0. The summed E-state index contributed by atoms with van der Waals surface area (Å²) in [4.78, 5) is 34.7. The van der Waals surface area contributed by atoms with Crippen molar-refractivity contribution >= 4 is 52.3 Å². The number of carboxylic acid groups (broad SMARTS) is 1. The van der Waals surface area contributed by atoms with Gasteiger partial charge in [-0.15, -0.1) is 0 Å². The number of phenolic OH excluding ortho intramolecular Hbond substituents is 1. The second-order valence-electron chi connectivity index (χ2n) is 6.98. The van der Waals surface area contributed by atoms with E-state index in [2.05, 4.69) is 0 Å². The molecule has 0 aliphatic rings. The van der Waals surface area contributed by atoms with Gasteiger partial charge >= 0.3 is 35.5 Å². The van der Waals surface area contributed by atoms with Gasteiger partial charge in [-0.2, -0.15) is 0 Å². The van der Waals surface area contributed by atoms with Gasteiger partial charge in [-0.3, -0.25) is 9.59 Å². The van der Waals surface area contributed by atoms with Crippen molar-refractivity contribution in [3.05, 3.63) is 64.0 Å². The number of aromatic carboxylic acids is 1. The normalized spacial score (nSPS) is 11.4. The zero-order chi connectivity index (χ0) is 22.5. The number of rotatable bonds is 9. The molecular formula is C23H23NaO8. The third kappa shape index (κ3) is 6.12. The number of hydrogen-bond acceptors (Lipinski definition) is 7. The van der Waals surface area contributed by atoms with Gasteiger partial charge in [-0.25, -0.2) is 4.79 Å². The molecule has 1 heterocycles. The van der Waals surface area contributed by atoms with Gasteiger partial charge in [0.2, 0.25) is 12.1 Å². The van der Waals surface area contributed by atoms with E-state index in [1.165, 1.54) is 31.2 Å². The SMILES string of the molecule is CCCCC(Oc1ccc(C(C)=O)c(O)c1)Oc1ccc2c(=O)cc(C(=O)O)oc2c1.[NaH]. The molecule has 32 heavy (non-hydrogen) atoms. The van der Waals surface area contributed by atoms with Crippen molar-refractivity contribution in [2.24, 2.45) is 0 Å². The number of Topliss-reactive ketones (excluding diaryl/α,β-unsaturated/α-hetero) is 1. The number of aromatic hydroxyl groups is 1. The Morgan fingerprint density at radius 1 is 1.06 bits per heavy atom. The molecule has 2 aromatic carbocycles. The fourth-order valence-electron chi connectivity index (χ4n) is 3.01. The average molecular weight is 450 g/mol. The Labute approximate surface area is 206 Å². The molecule has 3 aromatic rings. The maximum absolute atomic E-state index is 12.1. The molecule has 9 heteroatoms. The number of ether oxygens (including phenoxy) is 2. The van der Waals surface area contributed by atoms with Crippen molar-refractivity contribution in [3.63, 3.8) is 0 Å². The van der Waals surface area contributed by atoms with Crippen LogP contribution in [-0.2, 0) is 0 Å². The Kier molecular flexibility index (Phi) is 8.89. The summed E-state index contributed by atoms with van der Waals surface area (Å²) in [6.07, 6.45) is 1.50. The minimum atomic E-state index is -1.34. The van der Waals surface area contributed by atoms with E-state index in [9.17, 15) is 19.5 Å². The van der Waals surface area contributed by atoms with Crippen LogP contribution in [0.2, 0.25) is 0 Å². The predicted octanol–water partition coefficient (Wildman–Crippen LogP) is 3.73. The van der Waals surface area contributed by atoms with Crippen LogP contribution in [0.15, 0.2) is 51.7 Å². The van der Waals surface area contributed by atoms with Gasteiger partial charge in [0.15, 0.2) is 11.2 Å². The fourth-order valence-corrected chi connectivity index (χ4v) is 3.01. The molecule has 0 aliphatic carbocycles. The predicted molar refractivity (Wildman–Crippen MR) is 119 cm³/mol. The van der Waals surface area contributed by atoms with Gasteiger partial charge in [0.1, 0.15) is 22.8 Å². The third-order valence-electron chi connectivity index (χ3n) is 4.59. The van der Waals surface area contributed by atoms with Crippen molar-refractivity contribution in [2.75, 3.05) is 0 Å². The van der Waals surface area contributed by atoms with E-state index < -0.39 is 23.4 Å². The summed E-state index contributed by atoms with van der Waals surface area (Å²) in [7, 11) is 0. The van der Waals surface area contributed by atoms with E-state index in [0.29, 0.717) is 17.9 Å². The molecule has 1 unspecified atom stereocenters. The van der Waals surface area contributed by atoms with Crippen molar-refractivity contribution < 1.29 is 33.7 Å². The van der Waals surface area contributed by atoms with Crippen molar-refractivity contribution in [1.82, 2.24) is 0 Å². The van der Waals surface area contributed by atoms with Crippen LogP contribution in [-0.4, -0.2) is 57.8 Å². The second kappa shape index (κ2) is 11.2. The summed E-state index contributed by atoms with van der Waals surface area (Å²) in [5, 5.41) is 19.3. The van der Waals surface area contributed by atoms with E-state index in [1.807, 2.05) is 6.92 Å². The number of carbonyl (C=O) groups is 2. The molecule has 1 aromatic heterocycles. The Hall–Kier alpha value is -2.81. The van der Waals surface area contributed by atoms with E-state index in [0.717, 1.165) is 18.9 Å². The van der Waals surface area contributed by atoms with Crippen LogP contribution < -0.4 is 14.9 Å². The monoisotopic (exact) mass is 450 g/mol. The number of hydrogen-bond donors (Lipinski definition) is 2. The Bertz CT molecular complexity index is 1180. The molecule has 8 nitrogen and oxygen atoms in total. The van der Waals surface area contributed by atoms with E-state index in [-0.39, 0.29) is 57.6 Å². The van der Waals surface area contributed by atoms with Crippen molar-refractivity contribution in [1.29, 1.82) is 0 Å². The van der Waals surface area contributed by atoms with E-state index >= 15 is 0 Å². The fraction of sp³-hybridized carbons (Fsp3) is 0.261. The summed E-state index contributed by atoms with van der Waals surface area (Å²) in [5.41, 5.74) is -0.192. The van der Waals surface area contributed by atoms with E-state index in [4.69, 9.17) is 19.0 Å². The number of benzene rings is 2. The summed E-state index contributed by atoms with van der Waals surface area (Å²) in [6, 6.07) is 9.80. The molecule has 2 N–H and O–H groups in total. The first-order valence-corrected chi connectivity index (χ1v) is 9.77. The summed E-state index contributed by atoms with van der Waals surface area (Å²) >= 11 is 0. The molecule has 0 amide bonds. The average Bonchev–Trinajstić information content (AvgIpc) is 2.71. The quantitative estimate of drug-likeness (QED) is 0.287. The molecule has 0 fully saturated rings. The number of ketones is 1. The Morgan fingerprint density at radius 2 is 1.72 bits per heavy atom. The molecule has 164 valence electrons. The van der Waals surface area contributed by atoms with Crippen LogP contribution in [0.25, 0.3) is 11.0 Å². The van der Waals surface area contributed by atoms with Crippen LogP contribution in [0.1, 0.15) is 54.0 Å². The van der Waals surface area contributed by atoms with Crippen LogP contribution in [0, 0.1) is 0 Å². The number of phenols is 1. The van der Waals surface area contributed by atoms with Gasteiger partial charge in [-0.1, -0.05) is 13.3 Å². The first-order chi connectivity index (χ1) is 14.8. The maximum atomic E-state index is 12.1. The molecule has 0 aliphatic heterocycles. The number of fused-ring (bicyclic) bond motifs is 1. The van der Waals surface area contributed by atoms with Crippen LogP contribution in [0.4, 0.5) is 0 Å². The number of carboxylic acids is 1. The van der Waals surface area contributed by atoms with Crippen LogP contribution in [0.5, 0.6) is 17.2 Å². The zero-order valence-corrected chi connectivity index (χ0v) is 17.1. The van der Waals surface area contributed by atoms with Crippen LogP contribution in [0.3, 0.4) is 0 Å². The molecule has 3 rings (SSSR count). The Morgan fingerprint density at radius 3 is 2.31 bits per heavy atom. The van der Waals surface area contributed by atoms with Gasteiger partial charge < -0.3 is 24.1 Å². The molecule has 0 saturated carbocycles. The molecule has 0 spiro atoms. The summed E-state index contributed by atoms with van der Waals surface area (Å²) in [6.45, 7) is 3.37. The second-order valence-corrected chi connectivity index (χ2v) is 6.98. The molecule has 1 atom stereocenters. The van der Waals surface area contributed by atoms with Gasteiger partial charge in [0, 0.05) is 24.6 Å². The molecular weight excluding hydrogens is 427 g/mol. The summed E-state index contributed by atoms with van der Waals surface area (Å²) in [5.74, 6) is -1.61. The Balaban J connectivity index is 0.00000363. The van der Waals surface area contributed by atoms with E-state index in [1.54, 1.807) is 12.1 Å². The number of carbonyl (C=O) groups excluding carboxylic acids is 1. The molecule has 0 saturated heterocycles. The topological polar surface area (TPSA) is 123 Å². The van der Waals surface area contributed by atoms with Crippen LogP contribution >= 0.6 is 0 Å². The number of unbranched alkanes of at least 4 members (excludes halogenated alkanes) is 1. The molecule has 0 radical (unpaired) electrons. The van der Waals surface area contributed by atoms with Gasteiger partial charge in [0.25, 0.3) is 0 Å². The van der Waals surface area contributed by atoms with Gasteiger partial charge in [0.05, 0.1) is 10.9 Å². The standard InChI is InChI=1S/C23H22O8.Na.H/c1-3-4-5-22(29-14-6-8-16(13(2)24)18(25)10-14)30-15-7-9-17-19(26)12-21(23(27)28)31-20(17)11-15;;/h6-12,22,25H,3-5H2,1-2H3,(H,27,28);;. The third-order valence-corrected chi connectivity index (χ3v) is 4.59. The van der Waals surface area contributed by atoms with Gasteiger partial charge in [-0.05, 0) is 37.6 Å². The zero-order valence-electron chi connectivity index (χ0n) is 17.1. The first kappa shape index (κ1) is 25.5. The van der Waals surface area contributed by atoms with Crippen molar-refractivity contribution in [3.8, 4) is 17.2 Å². The summed E-state index contributed by atoms with van der Waals surface area (Å²) < 4.78 is 17.1.